The summed E-state index contributed by atoms with van der Waals surface area (Å²) in [5.41, 5.74) is 1.19. The smallest absolute Gasteiger partial charge is 0.339 e. The Bertz CT molecular complexity index is 2670. The van der Waals surface area contributed by atoms with Crippen LogP contribution in [0.2, 0.25) is 5.02 Å². The number of carboxylic acids is 1. The summed E-state index contributed by atoms with van der Waals surface area (Å²) in [5.74, 6) is -7.23. The van der Waals surface area contributed by atoms with Crippen molar-refractivity contribution in [3.63, 3.8) is 0 Å². The fourth-order valence-electron chi connectivity index (χ4n) is 9.89. The van der Waals surface area contributed by atoms with Crippen LogP contribution in [0.1, 0.15) is 47.2 Å². The zero-order valence-electron chi connectivity index (χ0n) is 31.5. The molecule has 58 heavy (non-hydrogen) atoms. The number of rotatable bonds is 8. The van der Waals surface area contributed by atoms with Crippen molar-refractivity contribution < 1.29 is 44.0 Å². The normalized spacial score (nSPS) is 25.3. The average molecular weight is 821 g/mol. The molecule has 0 radical (unpaired) electrons. The number of benzene rings is 3. The number of aliphatic hydroxyl groups excluding tert-OH is 1. The molecule has 3 aromatic carbocycles. The number of hydrogen-bond acceptors (Lipinski definition) is 10. The van der Waals surface area contributed by atoms with Gasteiger partial charge in [0.2, 0.25) is 23.6 Å². The number of amides is 4. The van der Waals surface area contributed by atoms with Crippen LogP contribution in [0.25, 0.3) is 20.7 Å². The number of fused-ring (bicyclic) bond motifs is 5. The Balaban J connectivity index is 1.15. The summed E-state index contributed by atoms with van der Waals surface area (Å²) in [6.07, 6.45) is 2.18. The van der Waals surface area contributed by atoms with Gasteiger partial charge in [0.15, 0.2) is 0 Å². The lowest BCUT2D eigenvalue weighted by Gasteiger charge is -2.49. The maximum absolute atomic E-state index is 15.2. The quantitative estimate of drug-likeness (QED) is 0.116. The number of nitrogens with zero attached hydrogens (tertiary/aromatic N) is 4. The van der Waals surface area contributed by atoms with Crippen molar-refractivity contribution in [1.82, 2.24) is 9.78 Å². The zero-order chi connectivity index (χ0) is 40.9. The van der Waals surface area contributed by atoms with E-state index in [4.69, 9.17) is 21.4 Å². The number of aromatic carboxylic acids is 1. The number of allylic oxidation sites excluding steroid dienone is 2. The molecule has 13 nitrogen and oxygen atoms in total. The van der Waals surface area contributed by atoms with Crippen LogP contribution in [0.3, 0.4) is 0 Å². The lowest BCUT2D eigenvalue weighted by Crippen LogP contribution is -2.49. The Morgan fingerprint density at radius 2 is 1.78 bits per heavy atom. The molecular formula is C43H37ClN4O9S. The fourth-order valence-corrected chi connectivity index (χ4v) is 11.2. The topological polar surface area (TPSA) is 180 Å². The number of phenols is 1. The minimum absolute atomic E-state index is 0.0212. The van der Waals surface area contributed by atoms with Gasteiger partial charge >= 0.3 is 5.97 Å². The predicted octanol–water partition coefficient (Wildman–Crippen LogP) is 6.47. The van der Waals surface area contributed by atoms with E-state index in [-0.39, 0.29) is 43.1 Å². The third-order valence-electron chi connectivity index (χ3n) is 12.5. The number of halogens is 1. The number of imide groups is 2. The van der Waals surface area contributed by atoms with Gasteiger partial charge in [0.1, 0.15) is 35.2 Å². The highest BCUT2D eigenvalue weighted by Gasteiger charge is 2.68. The van der Waals surface area contributed by atoms with E-state index in [0.717, 1.165) is 43.1 Å². The number of ether oxygens (including phenoxy) is 1. The number of aromatic nitrogens is 2. The second-order valence-electron chi connectivity index (χ2n) is 15.5. The molecule has 4 heterocycles. The number of para-hydroxylation sites is 1. The van der Waals surface area contributed by atoms with Gasteiger partial charge in [-0.25, -0.2) is 14.6 Å². The van der Waals surface area contributed by atoms with Crippen LogP contribution in [0.4, 0.5) is 11.5 Å². The van der Waals surface area contributed by atoms with E-state index < -0.39 is 70.4 Å². The largest absolute Gasteiger partial charge is 0.507 e. The van der Waals surface area contributed by atoms with Gasteiger partial charge in [0, 0.05) is 40.4 Å². The summed E-state index contributed by atoms with van der Waals surface area (Å²) in [4.78, 5) is 73.5. The summed E-state index contributed by atoms with van der Waals surface area (Å²) in [6.45, 7) is 3.48. The second kappa shape index (κ2) is 13.6. The van der Waals surface area contributed by atoms with E-state index in [9.17, 15) is 34.5 Å². The first-order valence-corrected chi connectivity index (χ1v) is 20.0. The molecule has 2 saturated heterocycles. The Morgan fingerprint density at radius 3 is 2.52 bits per heavy atom. The molecular weight excluding hydrogens is 784 g/mol. The van der Waals surface area contributed by atoms with E-state index in [1.54, 1.807) is 32.2 Å². The average Bonchev–Trinajstić information content (AvgIpc) is 3.87. The molecule has 0 spiro atoms. The number of aryl methyl sites for hydroxylation is 2. The van der Waals surface area contributed by atoms with Gasteiger partial charge in [-0.3, -0.25) is 23.9 Å². The van der Waals surface area contributed by atoms with Gasteiger partial charge in [-0.15, -0.1) is 11.3 Å². The zero-order valence-corrected chi connectivity index (χ0v) is 33.1. The molecule has 2 aromatic heterocycles. The number of aromatic hydroxyl groups is 1. The lowest BCUT2D eigenvalue weighted by atomic mass is 9.51. The number of carbonyl (C=O) groups excluding carboxylic acids is 4. The van der Waals surface area contributed by atoms with E-state index in [2.05, 4.69) is 0 Å². The molecule has 3 N–H and O–H groups in total. The van der Waals surface area contributed by atoms with Crippen molar-refractivity contribution >= 4 is 74.1 Å². The van der Waals surface area contributed by atoms with Crippen LogP contribution >= 0.6 is 22.9 Å². The van der Waals surface area contributed by atoms with Crippen molar-refractivity contribution in [3.05, 3.63) is 100 Å². The molecule has 9 rings (SSSR count). The highest BCUT2D eigenvalue weighted by atomic mass is 35.5. The first-order valence-electron chi connectivity index (χ1n) is 18.8. The number of carbonyl (C=O) groups is 5. The fraction of sp³-hybridized carbons (Fsp3) is 0.302. The van der Waals surface area contributed by atoms with Gasteiger partial charge in [-0.2, -0.15) is 5.10 Å². The molecule has 15 heteroatoms. The minimum atomic E-state index is -1.37. The maximum Gasteiger partial charge on any atom is 0.339 e. The lowest BCUT2D eigenvalue weighted by molar-refractivity contribution is -0.131. The van der Waals surface area contributed by atoms with E-state index in [0.29, 0.717) is 22.0 Å². The SMILES string of the molecule is Cc1c(-c2cc(N3C(=O)[C@@H]4C[C@@H]5C(=CC[C@@H]6C(=O)N(c7ccc(C(=O)O)c(O)c7)C(=O)[C@@H]65)[C@H](c5ccccc5OCCO)[C@]4(C)C3=O)n(C)n2)sc2ccc(Cl)cc12. The highest BCUT2D eigenvalue weighted by Crippen LogP contribution is 2.64. The maximum atomic E-state index is 15.2. The molecule has 0 unspecified atom stereocenters. The molecule has 0 bridgehead atoms. The van der Waals surface area contributed by atoms with Gasteiger partial charge in [-0.1, -0.05) is 41.4 Å². The van der Waals surface area contributed by atoms with Crippen LogP contribution in [0, 0.1) is 36.0 Å². The van der Waals surface area contributed by atoms with Crippen molar-refractivity contribution in [2.75, 3.05) is 23.0 Å². The third kappa shape index (κ3) is 5.38. The summed E-state index contributed by atoms with van der Waals surface area (Å²) in [6, 6.07) is 18.1. The van der Waals surface area contributed by atoms with Gasteiger partial charge in [0.05, 0.1) is 40.3 Å². The summed E-state index contributed by atoms with van der Waals surface area (Å²) >= 11 is 7.85. The van der Waals surface area contributed by atoms with Crippen molar-refractivity contribution in [2.45, 2.75) is 32.6 Å². The standard InChI is InChI=1S/C43H37ClN4O9S/c1-20-27-16-21(44)8-13-33(27)58-37(20)30-19-34(46(3)45-30)48-39(52)29-18-28-23(36(43(29,2)42(48)56)25-6-4-5-7-32(25)57-15-14-49)11-12-26-35(28)40(53)47(38(26)51)22-9-10-24(41(54)55)31(50)17-22/h4-11,13,16-17,19,26,28-29,35-36,49-50H,12,14-15,18H2,1-3H3,(H,54,55)/t26-,28+,29-,35-,36+,43+/m0/s1. The Kier molecular flexibility index (Phi) is 8.87. The first kappa shape index (κ1) is 37.7. The summed E-state index contributed by atoms with van der Waals surface area (Å²) in [5, 5.41) is 36.0. The first-order chi connectivity index (χ1) is 27.8. The van der Waals surface area contributed by atoms with E-state index >= 15 is 4.79 Å². The number of anilines is 2. The van der Waals surface area contributed by atoms with Gasteiger partial charge < -0.3 is 20.1 Å². The number of carboxylic acid groups (broad SMARTS) is 1. The van der Waals surface area contributed by atoms with Crippen LogP contribution in [0.15, 0.2) is 78.4 Å². The summed E-state index contributed by atoms with van der Waals surface area (Å²) < 4.78 is 8.58. The number of hydrogen-bond donors (Lipinski definition) is 3. The van der Waals surface area contributed by atoms with Crippen LogP contribution in [-0.2, 0) is 26.2 Å². The van der Waals surface area contributed by atoms with E-state index in [1.807, 2.05) is 43.3 Å². The van der Waals surface area contributed by atoms with Crippen LogP contribution in [-0.4, -0.2) is 67.9 Å². The monoisotopic (exact) mass is 820 g/mol. The Labute approximate surface area is 340 Å². The third-order valence-corrected chi connectivity index (χ3v) is 14.1. The van der Waals surface area contributed by atoms with Crippen LogP contribution in [0.5, 0.6) is 11.5 Å². The van der Waals surface area contributed by atoms with Gasteiger partial charge in [0.25, 0.3) is 0 Å². The molecule has 6 atom stereocenters. The molecule has 4 aliphatic rings. The van der Waals surface area contributed by atoms with Crippen LogP contribution < -0.4 is 14.5 Å². The Hall–Kier alpha value is -5.83. The number of thiophene rings is 1. The molecule has 3 fully saturated rings. The molecule has 5 aromatic rings. The molecule has 2 aliphatic heterocycles. The Morgan fingerprint density at radius 1 is 1.00 bits per heavy atom. The number of aliphatic hydroxyl groups is 1. The van der Waals surface area contributed by atoms with Gasteiger partial charge in [-0.05, 0) is 80.0 Å². The molecule has 2 aliphatic carbocycles. The predicted molar refractivity (Wildman–Crippen MR) is 215 cm³/mol. The molecule has 4 amide bonds. The van der Waals surface area contributed by atoms with Crippen molar-refractivity contribution in [2.24, 2.45) is 36.1 Å². The second-order valence-corrected chi connectivity index (χ2v) is 17.0. The van der Waals surface area contributed by atoms with Crippen molar-refractivity contribution in [1.29, 1.82) is 0 Å². The molecule has 296 valence electrons. The highest BCUT2D eigenvalue weighted by molar-refractivity contribution is 7.22. The van der Waals surface area contributed by atoms with Crippen molar-refractivity contribution in [3.8, 4) is 22.1 Å². The van der Waals surface area contributed by atoms with E-state index in [1.165, 1.54) is 27.0 Å². The molecule has 1 saturated carbocycles. The minimum Gasteiger partial charge on any atom is -0.507 e. The summed E-state index contributed by atoms with van der Waals surface area (Å²) in [7, 11) is 1.68.